The normalized spacial score (nSPS) is 12.1. The Morgan fingerprint density at radius 1 is 0.814 bits per heavy atom. The van der Waals surface area contributed by atoms with Gasteiger partial charge in [0.15, 0.2) is 11.5 Å². The Balaban J connectivity index is 1.23. The number of esters is 1. The average molecular weight is 577 g/mol. The first-order valence-electron chi connectivity index (χ1n) is 13.3. The van der Waals surface area contributed by atoms with Crippen molar-refractivity contribution in [3.05, 3.63) is 125 Å². The second-order valence-electron chi connectivity index (χ2n) is 9.59. The quantitative estimate of drug-likeness (QED) is 0.0981. The minimum Gasteiger partial charge on any atom is -0.454 e. The van der Waals surface area contributed by atoms with Gasteiger partial charge in [-0.2, -0.15) is 5.10 Å². The van der Waals surface area contributed by atoms with Gasteiger partial charge in [-0.05, 0) is 83.9 Å². The van der Waals surface area contributed by atoms with Gasteiger partial charge in [-0.1, -0.05) is 30.3 Å². The Hall–Kier alpha value is -5.90. The zero-order valence-electron chi connectivity index (χ0n) is 23.4. The largest absolute Gasteiger partial charge is 0.454 e. The first-order valence-corrected chi connectivity index (χ1v) is 13.3. The number of benzene rings is 4. The first-order chi connectivity index (χ1) is 20.9. The molecule has 4 aromatic carbocycles. The van der Waals surface area contributed by atoms with Gasteiger partial charge in [0.2, 0.25) is 6.79 Å². The third-order valence-corrected chi connectivity index (χ3v) is 6.33. The van der Waals surface area contributed by atoms with E-state index >= 15 is 0 Å². The van der Waals surface area contributed by atoms with Crippen molar-refractivity contribution in [2.75, 3.05) is 25.8 Å². The van der Waals surface area contributed by atoms with Crippen molar-refractivity contribution < 1.29 is 28.6 Å². The molecule has 0 saturated carbocycles. The number of fused-ring (bicyclic) bond motifs is 1. The van der Waals surface area contributed by atoms with Gasteiger partial charge in [-0.15, -0.1) is 0 Å². The summed E-state index contributed by atoms with van der Waals surface area (Å²) in [5, 5.41) is 6.72. The molecule has 0 saturated heterocycles. The molecule has 10 heteroatoms. The summed E-state index contributed by atoms with van der Waals surface area (Å²) < 4.78 is 16.0. The highest BCUT2D eigenvalue weighted by atomic mass is 16.7. The second-order valence-corrected chi connectivity index (χ2v) is 9.59. The van der Waals surface area contributed by atoms with Crippen molar-refractivity contribution in [2.45, 2.75) is 0 Å². The number of hydrazone groups is 1. The molecule has 0 bridgehead atoms. The third-order valence-electron chi connectivity index (χ3n) is 6.33. The number of rotatable bonds is 9. The highest BCUT2D eigenvalue weighted by Gasteiger charge is 2.18. The molecule has 0 radical (unpaired) electrons. The molecule has 0 aliphatic carbocycles. The summed E-state index contributed by atoms with van der Waals surface area (Å²) in [4.78, 5) is 40.4. The number of hydrogen-bond acceptors (Lipinski definition) is 8. The number of nitrogens with one attached hydrogen (secondary N) is 2. The number of ether oxygens (including phenoxy) is 3. The highest BCUT2D eigenvalue weighted by Crippen LogP contribution is 2.32. The van der Waals surface area contributed by atoms with Crippen molar-refractivity contribution in [1.82, 2.24) is 10.7 Å². The number of anilines is 1. The molecule has 1 heterocycles. The molecule has 2 amide bonds. The van der Waals surface area contributed by atoms with Gasteiger partial charge in [0.1, 0.15) is 11.4 Å². The number of amides is 2. The zero-order valence-corrected chi connectivity index (χ0v) is 23.4. The Bertz CT molecular complexity index is 1680. The molecule has 1 aliphatic rings. The Morgan fingerprint density at radius 2 is 1.51 bits per heavy atom. The molecule has 0 atom stereocenters. The van der Waals surface area contributed by atoms with E-state index in [4.69, 9.17) is 14.2 Å². The van der Waals surface area contributed by atoms with Crippen molar-refractivity contribution in [2.24, 2.45) is 5.10 Å². The maximum atomic E-state index is 13.1. The van der Waals surface area contributed by atoms with Crippen LogP contribution < -0.4 is 29.9 Å². The summed E-state index contributed by atoms with van der Waals surface area (Å²) in [6, 6.07) is 27.5. The third kappa shape index (κ3) is 7.44. The minimum atomic E-state index is -0.605. The molecule has 43 heavy (non-hydrogen) atoms. The summed E-state index contributed by atoms with van der Waals surface area (Å²) >= 11 is 0. The predicted molar refractivity (Wildman–Crippen MR) is 162 cm³/mol. The van der Waals surface area contributed by atoms with E-state index in [0.717, 1.165) is 11.3 Å². The standard InChI is InChI=1S/C33H28N4O6/c1-37(2)26-13-8-22(9-14-26)18-28(35-31(38)24-6-4-3-5-7-24)32(39)36-34-20-23-10-15-27(16-11-23)43-33(40)25-12-17-29-30(19-25)42-21-41-29/h3-20H,21H2,1-2H3,(H,35,38)(H,36,39)/b28-18-,34-20+. The Kier molecular flexibility index (Phi) is 8.77. The second kappa shape index (κ2) is 13.2. The molecule has 10 nitrogen and oxygen atoms in total. The van der Waals surface area contributed by atoms with E-state index in [1.807, 2.05) is 43.3 Å². The molecule has 4 aromatic rings. The summed E-state index contributed by atoms with van der Waals surface area (Å²) in [5.74, 6) is -0.179. The van der Waals surface area contributed by atoms with E-state index in [-0.39, 0.29) is 12.5 Å². The first kappa shape index (κ1) is 28.6. The van der Waals surface area contributed by atoms with E-state index in [1.165, 1.54) is 6.21 Å². The smallest absolute Gasteiger partial charge is 0.343 e. The number of hydrogen-bond donors (Lipinski definition) is 2. The van der Waals surface area contributed by atoms with Crippen LogP contribution >= 0.6 is 0 Å². The number of carbonyl (C=O) groups is 3. The van der Waals surface area contributed by atoms with Crippen LogP contribution in [0.5, 0.6) is 17.2 Å². The van der Waals surface area contributed by atoms with Crippen molar-refractivity contribution in [3.8, 4) is 17.2 Å². The summed E-state index contributed by atoms with van der Waals surface area (Å²) in [6.45, 7) is 0.113. The highest BCUT2D eigenvalue weighted by molar-refractivity contribution is 6.05. The molecule has 5 rings (SSSR count). The minimum absolute atomic E-state index is 0.0226. The van der Waals surface area contributed by atoms with E-state index < -0.39 is 17.8 Å². The van der Waals surface area contributed by atoms with Gasteiger partial charge in [-0.25, -0.2) is 10.2 Å². The molecular formula is C33H28N4O6. The van der Waals surface area contributed by atoms with Gasteiger partial charge in [0, 0.05) is 25.3 Å². The van der Waals surface area contributed by atoms with E-state index in [2.05, 4.69) is 15.8 Å². The zero-order chi connectivity index (χ0) is 30.2. The molecule has 0 unspecified atom stereocenters. The van der Waals surface area contributed by atoms with Crippen LogP contribution in [0.25, 0.3) is 6.08 Å². The van der Waals surface area contributed by atoms with Crippen LogP contribution in [0.3, 0.4) is 0 Å². The van der Waals surface area contributed by atoms with Crippen LogP contribution in [-0.2, 0) is 4.79 Å². The maximum absolute atomic E-state index is 13.1. The van der Waals surface area contributed by atoms with Crippen LogP contribution in [-0.4, -0.2) is 44.9 Å². The predicted octanol–water partition coefficient (Wildman–Crippen LogP) is 4.62. The van der Waals surface area contributed by atoms with Gasteiger partial charge in [-0.3, -0.25) is 9.59 Å². The lowest BCUT2D eigenvalue weighted by molar-refractivity contribution is -0.117. The van der Waals surface area contributed by atoms with Crippen LogP contribution in [0.15, 0.2) is 108 Å². The fourth-order valence-electron chi connectivity index (χ4n) is 4.01. The van der Waals surface area contributed by atoms with Crippen LogP contribution in [0.4, 0.5) is 5.69 Å². The SMILES string of the molecule is CN(C)c1ccc(/C=C(\NC(=O)c2ccccc2)C(=O)N/N=C/c2ccc(OC(=O)c3ccc4c(c3)OCO4)cc2)cc1. The fourth-order valence-corrected chi connectivity index (χ4v) is 4.01. The number of carbonyl (C=O) groups excluding carboxylic acids is 3. The van der Waals surface area contributed by atoms with E-state index in [0.29, 0.717) is 33.9 Å². The van der Waals surface area contributed by atoms with Gasteiger partial charge in [0.05, 0.1) is 11.8 Å². The van der Waals surface area contributed by atoms with Crippen molar-refractivity contribution in [1.29, 1.82) is 0 Å². The molecule has 2 N–H and O–H groups in total. The van der Waals surface area contributed by atoms with Crippen molar-refractivity contribution in [3.63, 3.8) is 0 Å². The summed E-state index contributed by atoms with van der Waals surface area (Å²) in [5.41, 5.74) is 5.58. The topological polar surface area (TPSA) is 119 Å². The molecule has 0 fully saturated rings. The van der Waals surface area contributed by atoms with Crippen LogP contribution in [0.1, 0.15) is 31.8 Å². The van der Waals surface area contributed by atoms with E-state index in [1.54, 1.807) is 78.9 Å². The molecule has 0 aromatic heterocycles. The maximum Gasteiger partial charge on any atom is 0.343 e. The molecular weight excluding hydrogens is 548 g/mol. The van der Waals surface area contributed by atoms with Gasteiger partial charge >= 0.3 is 5.97 Å². The van der Waals surface area contributed by atoms with E-state index in [9.17, 15) is 14.4 Å². The summed E-state index contributed by atoms with van der Waals surface area (Å²) in [7, 11) is 3.87. The van der Waals surface area contributed by atoms with Crippen molar-refractivity contribution >= 4 is 35.8 Å². The van der Waals surface area contributed by atoms with Gasteiger partial charge in [0.25, 0.3) is 11.8 Å². The fraction of sp³-hybridized carbons (Fsp3) is 0.0909. The monoisotopic (exact) mass is 576 g/mol. The lowest BCUT2D eigenvalue weighted by Crippen LogP contribution is -2.32. The average Bonchev–Trinajstić information content (AvgIpc) is 3.50. The van der Waals surface area contributed by atoms with Crippen LogP contribution in [0, 0.1) is 0 Å². The number of nitrogens with zero attached hydrogens (tertiary/aromatic N) is 2. The Labute approximate surface area is 248 Å². The lowest BCUT2D eigenvalue weighted by atomic mass is 10.1. The Morgan fingerprint density at radius 3 is 2.23 bits per heavy atom. The molecule has 1 aliphatic heterocycles. The summed E-state index contributed by atoms with van der Waals surface area (Å²) in [6.07, 6.45) is 3.01. The van der Waals surface area contributed by atoms with Crippen LogP contribution in [0.2, 0.25) is 0 Å². The van der Waals surface area contributed by atoms with Gasteiger partial charge < -0.3 is 24.4 Å². The molecule has 0 spiro atoms. The molecule has 216 valence electrons. The lowest BCUT2D eigenvalue weighted by Gasteiger charge is -2.12.